The number of carbonyl (C=O) groups is 2. The Hall–Kier alpha value is -1.88. The van der Waals surface area contributed by atoms with Crippen LogP contribution in [0.5, 0.6) is 0 Å². The molecule has 0 N–H and O–H groups in total. The number of nitrogens with zero attached hydrogens (tertiary/aromatic N) is 1. The van der Waals surface area contributed by atoms with E-state index in [-0.39, 0.29) is 24.9 Å². The summed E-state index contributed by atoms with van der Waals surface area (Å²) in [6.07, 6.45) is 0.262. The lowest BCUT2D eigenvalue weighted by Crippen LogP contribution is -2.33. The number of rotatable bonds is 9. The predicted molar refractivity (Wildman–Crippen MR) is 89.1 cm³/mol. The lowest BCUT2D eigenvalue weighted by molar-refractivity contribution is -0.147. The van der Waals surface area contributed by atoms with Gasteiger partial charge in [-0.25, -0.2) is 0 Å². The predicted octanol–water partition coefficient (Wildman–Crippen LogP) is 2.62. The van der Waals surface area contributed by atoms with E-state index in [2.05, 4.69) is 18.2 Å². The summed E-state index contributed by atoms with van der Waals surface area (Å²) in [7, 11) is 0. The molecule has 5 heteroatoms. The van der Waals surface area contributed by atoms with Gasteiger partial charge in [-0.2, -0.15) is 0 Å². The highest BCUT2D eigenvalue weighted by molar-refractivity contribution is 5.72. The standard InChI is InChI=1S/C18H27NO4/c1-5-22-17(20)9-10-19(13-18(21)23-6-2)12-16-11-14(3)7-8-15(16)4/h7-8,11H,5-6,9-10,12-13H2,1-4H3. The molecule has 0 aliphatic carbocycles. The molecular weight excluding hydrogens is 294 g/mol. The van der Waals surface area contributed by atoms with Crippen LogP contribution in [0.3, 0.4) is 0 Å². The van der Waals surface area contributed by atoms with Gasteiger partial charge in [-0.05, 0) is 38.8 Å². The summed E-state index contributed by atoms with van der Waals surface area (Å²) in [6.45, 7) is 9.61. The number of hydrogen-bond acceptors (Lipinski definition) is 5. The molecule has 23 heavy (non-hydrogen) atoms. The van der Waals surface area contributed by atoms with Gasteiger partial charge in [-0.3, -0.25) is 14.5 Å². The van der Waals surface area contributed by atoms with E-state index in [0.29, 0.717) is 26.3 Å². The molecule has 0 heterocycles. The van der Waals surface area contributed by atoms with Crippen LogP contribution in [0.4, 0.5) is 0 Å². The number of ether oxygens (including phenoxy) is 2. The number of hydrogen-bond donors (Lipinski definition) is 0. The zero-order valence-corrected chi connectivity index (χ0v) is 14.6. The molecule has 0 aliphatic rings. The molecule has 1 aromatic rings. The van der Waals surface area contributed by atoms with Crippen LogP contribution < -0.4 is 0 Å². The van der Waals surface area contributed by atoms with Crippen LogP contribution in [0.1, 0.15) is 37.0 Å². The Morgan fingerprint density at radius 1 is 1.04 bits per heavy atom. The van der Waals surface area contributed by atoms with Crippen molar-refractivity contribution in [3.8, 4) is 0 Å². The van der Waals surface area contributed by atoms with E-state index in [1.165, 1.54) is 11.1 Å². The fourth-order valence-corrected chi connectivity index (χ4v) is 2.30. The van der Waals surface area contributed by atoms with Crippen molar-refractivity contribution in [2.45, 2.75) is 40.7 Å². The van der Waals surface area contributed by atoms with Crippen molar-refractivity contribution in [1.29, 1.82) is 0 Å². The van der Waals surface area contributed by atoms with Gasteiger partial charge < -0.3 is 9.47 Å². The van der Waals surface area contributed by atoms with Crippen LogP contribution in [0.25, 0.3) is 0 Å². The minimum absolute atomic E-state index is 0.167. The van der Waals surface area contributed by atoms with Gasteiger partial charge >= 0.3 is 11.9 Å². The lowest BCUT2D eigenvalue weighted by Gasteiger charge is -2.22. The fourth-order valence-electron chi connectivity index (χ4n) is 2.30. The van der Waals surface area contributed by atoms with E-state index in [1.54, 1.807) is 13.8 Å². The number of aryl methyl sites for hydroxylation is 2. The molecule has 1 rings (SSSR count). The summed E-state index contributed by atoms with van der Waals surface area (Å²) in [5.41, 5.74) is 3.49. The van der Waals surface area contributed by atoms with Crippen LogP contribution in [-0.2, 0) is 25.6 Å². The first-order chi connectivity index (χ1) is 11.0. The average Bonchev–Trinajstić information content (AvgIpc) is 2.49. The Balaban J connectivity index is 2.74. The van der Waals surface area contributed by atoms with Crippen LogP contribution in [0.2, 0.25) is 0 Å². The smallest absolute Gasteiger partial charge is 0.320 e. The lowest BCUT2D eigenvalue weighted by atomic mass is 10.1. The first-order valence-electron chi connectivity index (χ1n) is 8.06. The highest BCUT2D eigenvalue weighted by Crippen LogP contribution is 2.14. The average molecular weight is 321 g/mol. The second-order valence-corrected chi connectivity index (χ2v) is 5.50. The fraction of sp³-hybridized carbons (Fsp3) is 0.556. The minimum Gasteiger partial charge on any atom is -0.466 e. The maximum absolute atomic E-state index is 11.8. The molecular formula is C18H27NO4. The van der Waals surface area contributed by atoms with Crippen molar-refractivity contribution in [3.63, 3.8) is 0 Å². The third kappa shape index (κ3) is 7.28. The SMILES string of the molecule is CCOC(=O)CCN(CC(=O)OCC)Cc1cc(C)ccc1C. The van der Waals surface area contributed by atoms with E-state index < -0.39 is 0 Å². The molecule has 1 aromatic carbocycles. The molecule has 0 saturated heterocycles. The maximum Gasteiger partial charge on any atom is 0.320 e. The van der Waals surface area contributed by atoms with Crippen LogP contribution in [0.15, 0.2) is 18.2 Å². The monoisotopic (exact) mass is 321 g/mol. The summed E-state index contributed by atoms with van der Waals surface area (Å²) in [4.78, 5) is 25.3. The Morgan fingerprint density at radius 2 is 1.70 bits per heavy atom. The zero-order valence-electron chi connectivity index (χ0n) is 14.6. The van der Waals surface area contributed by atoms with Gasteiger partial charge in [0.05, 0.1) is 26.2 Å². The second kappa shape index (κ2) is 10.0. The van der Waals surface area contributed by atoms with Crippen molar-refractivity contribution < 1.29 is 19.1 Å². The Morgan fingerprint density at radius 3 is 2.35 bits per heavy atom. The summed E-state index contributed by atoms with van der Waals surface area (Å²) >= 11 is 0. The molecule has 0 saturated carbocycles. The summed E-state index contributed by atoms with van der Waals surface area (Å²) in [6, 6.07) is 6.24. The van der Waals surface area contributed by atoms with Gasteiger partial charge in [-0.1, -0.05) is 23.8 Å². The van der Waals surface area contributed by atoms with Gasteiger partial charge in [0.25, 0.3) is 0 Å². The number of esters is 2. The molecule has 0 bridgehead atoms. The molecule has 5 nitrogen and oxygen atoms in total. The van der Waals surface area contributed by atoms with Gasteiger partial charge in [0, 0.05) is 13.1 Å². The first-order valence-corrected chi connectivity index (χ1v) is 8.06. The second-order valence-electron chi connectivity index (χ2n) is 5.50. The molecule has 0 amide bonds. The van der Waals surface area contributed by atoms with Gasteiger partial charge in [0.15, 0.2) is 0 Å². The van der Waals surface area contributed by atoms with Crippen molar-refractivity contribution in [2.75, 3.05) is 26.3 Å². The summed E-state index contributed by atoms with van der Waals surface area (Å²) in [5, 5.41) is 0. The number of carbonyl (C=O) groups excluding carboxylic acids is 2. The van der Waals surface area contributed by atoms with Crippen molar-refractivity contribution in [1.82, 2.24) is 4.90 Å². The zero-order chi connectivity index (χ0) is 17.2. The van der Waals surface area contributed by atoms with E-state index in [0.717, 1.165) is 5.56 Å². The highest BCUT2D eigenvalue weighted by Gasteiger charge is 2.15. The topological polar surface area (TPSA) is 55.8 Å². The minimum atomic E-state index is -0.276. The van der Waals surface area contributed by atoms with Crippen molar-refractivity contribution in [3.05, 3.63) is 34.9 Å². The molecule has 0 aliphatic heterocycles. The molecule has 0 radical (unpaired) electrons. The summed E-state index contributed by atoms with van der Waals surface area (Å²) in [5.74, 6) is -0.524. The van der Waals surface area contributed by atoms with Gasteiger partial charge in [-0.15, -0.1) is 0 Å². The van der Waals surface area contributed by atoms with Crippen LogP contribution in [0, 0.1) is 13.8 Å². The van der Waals surface area contributed by atoms with E-state index >= 15 is 0 Å². The van der Waals surface area contributed by atoms with Gasteiger partial charge in [0.2, 0.25) is 0 Å². The summed E-state index contributed by atoms with van der Waals surface area (Å²) < 4.78 is 9.98. The molecule has 0 fully saturated rings. The van der Waals surface area contributed by atoms with E-state index in [9.17, 15) is 9.59 Å². The van der Waals surface area contributed by atoms with E-state index in [1.807, 2.05) is 18.7 Å². The number of benzene rings is 1. The quantitative estimate of drug-likeness (QED) is 0.654. The van der Waals surface area contributed by atoms with E-state index in [4.69, 9.17) is 9.47 Å². The van der Waals surface area contributed by atoms with Crippen molar-refractivity contribution >= 4 is 11.9 Å². The normalized spacial score (nSPS) is 10.7. The van der Waals surface area contributed by atoms with Gasteiger partial charge in [0.1, 0.15) is 0 Å². The Kier molecular flexibility index (Phi) is 8.33. The van der Waals surface area contributed by atoms with Crippen LogP contribution in [-0.4, -0.2) is 43.1 Å². The maximum atomic E-state index is 11.8. The van der Waals surface area contributed by atoms with Crippen molar-refractivity contribution in [2.24, 2.45) is 0 Å². The molecule has 0 atom stereocenters. The largest absolute Gasteiger partial charge is 0.466 e. The molecule has 0 aromatic heterocycles. The first kappa shape index (κ1) is 19.2. The third-order valence-corrected chi connectivity index (χ3v) is 3.49. The third-order valence-electron chi connectivity index (χ3n) is 3.49. The highest BCUT2D eigenvalue weighted by atomic mass is 16.5. The molecule has 0 unspecified atom stereocenters. The Labute approximate surface area is 138 Å². The Bertz CT molecular complexity index is 528. The van der Waals surface area contributed by atoms with Crippen LogP contribution >= 0.6 is 0 Å². The molecule has 0 spiro atoms. The molecule has 128 valence electrons.